The molecule has 0 radical (unpaired) electrons. The summed E-state index contributed by atoms with van der Waals surface area (Å²) in [4.78, 5) is 0. The Morgan fingerprint density at radius 2 is 1.78 bits per heavy atom. The molecule has 0 N–H and O–H groups in total. The van der Waals surface area contributed by atoms with Crippen LogP contribution in [0, 0.1) is 24.4 Å². The molecular weight excluding hydrogens is 417 g/mol. The number of hydrogen-bond donors (Lipinski definition) is 0. The Morgan fingerprint density at radius 1 is 0.969 bits per heavy atom. The van der Waals surface area contributed by atoms with Gasteiger partial charge >= 0.3 is 0 Å². The zero-order valence-electron chi connectivity index (χ0n) is 19.0. The Balaban J connectivity index is 1.43. The van der Waals surface area contributed by atoms with Crippen LogP contribution < -0.4 is 4.74 Å². The van der Waals surface area contributed by atoms with Crippen molar-refractivity contribution in [3.05, 3.63) is 64.5 Å². The average molecular weight is 451 g/mol. The average Bonchev–Trinajstić information content (AvgIpc) is 2.80. The second-order valence-corrected chi connectivity index (χ2v) is 8.45. The fraction of sp³-hybridized carbons (Fsp3) is 0.538. The summed E-state index contributed by atoms with van der Waals surface area (Å²) in [6.07, 6.45) is 6.53. The van der Waals surface area contributed by atoms with E-state index < -0.39 is 11.6 Å². The van der Waals surface area contributed by atoms with Crippen LogP contribution in [0.25, 0.3) is 0 Å². The quantitative estimate of drug-likeness (QED) is 0.339. The molecule has 2 atom stereocenters. The highest BCUT2D eigenvalue weighted by atomic mass is 19.2. The van der Waals surface area contributed by atoms with E-state index in [2.05, 4.69) is 6.92 Å². The molecule has 0 saturated carbocycles. The van der Waals surface area contributed by atoms with Crippen molar-refractivity contribution in [3.8, 4) is 5.75 Å². The van der Waals surface area contributed by atoms with Gasteiger partial charge < -0.3 is 14.2 Å². The Bertz CT molecular complexity index is 864. The lowest BCUT2D eigenvalue weighted by Gasteiger charge is -2.29. The second kappa shape index (κ2) is 12.3. The fourth-order valence-electron chi connectivity index (χ4n) is 3.85. The van der Waals surface area contributed by atoms with Gasteiger partial charge in [0.25, 0.3) is 0 Å². The molecule has 1 heterocycles. The molecule has 0 aliphatic carbocycles. The molecule has 3 nitrogen and oxygen atoms in total. The predicted molar refractivity (Wildman–Crippen MR) is 118 cm³/mol. The van der Waals surface area contributed by atoms with Crippen molar-refractivity contribution in [1.82, 2.24) is 0 Å². The molecule has 0 spiro atoms. The smallest absolute Gasteiger partial charge is 0.165 e. The van der Waals surface area contributed by atoms with Crippen molar-refractivity contribution in [3.63, 3.8) is 0 Å². The van der Waals surface area contributed by atoms with Crippen LogP contribution in [0.2, 0.25) is 0 Å². The van der Waals surface area contributed by atoms with Crippen molar-refractivity contribution in [2.75, 3.05) is 13.2 Å². The lowest BCUT2D eigenvalue weighted by Crippen LogP contribution is -2.27. The second-order valence-electron chi connectivity index (χ2n) is 8.45. The van der Waals surface area contributed by atoms with Gasteiger partial charge in [0.2, 0.25) is 0 Å². The topological polar surface area (TPSA) is 27.7 Å². The number of hydrogen-bond acceptors (Lipinski definition) is 3. The number of aryl methyl sites for hydroxylation is 1. The minimum absolute atomic E-state index is 0.0131. The SMILES string of the molecule is CCCCCCCOc1ccc(C2CCC(OCc3ccc(C)c(F)c3F)CO2)cc1F. The first-order chi connectivity index (χ1) is 15.5. The van der Waals surface area contributed by atoms with Crippen LogP contribution in [0.15, 0.2) is 30.3 Å². The molecule has 1 saturated heterocycles. The van der Waals surface area contributed by atoms with E-state index in [9.17, 15) is 13.2 Å². The summed E-state index contributed by atoms with van der Waals surface area (Å²) in [6.45, 7) is 4.52. The standard InChI is InChI=1S/C26H33F3O3/c1-3-4-5-6-7-14-30-24-12-10-19(15-22(24)27)23-13-11-21(17-32-23)31-16-20-9-8-18(2)25(28)26(20)29/h8-10,12,15,21,23H,3-7,11,13-14,16-17H2,1-2H3. The molecule has 1 aliphatic rings. The highest BCUT2D eigenvalue weighted by Gasteiger charge is 2.25. The van der Waals surface area contributed by atoms with E-state index in [1.807, 2.05) is 6.07 Å². The zero-order chi connectivity index (χ0) is 22.9. The van der Waals surface area contributed by atoms with Gasteiger partial charge in [-0.1, -0.05) is 50.8 Å². The monoisotopic (exact) mass is 450 g/mol. The third-order valence-corrected chi connectivity index (χ3v) is 5.90. The van der Waals surface area contributed by atoms with Crippen molar-refractivity contribution < 1.29 is 27.4 Å². The first kappa shape index (κ1) is 24.6. The molecule has 2 aromatic rings. The Labute approximate surface area is 188 Å². The van der Waals surface area contributed by atoms with Gasteiger partial charge in [-0.3, -0.25) is 0 Å². The molecule has 176 valence electrons. The third kappa shape index (κ3) is 6.72. The molecule has 0 bridgehead atoms. The minimum atomic E-state index is -0.863. The third-order valence-electron chi connectivity index (χ3n) is 5.90. The molecule has 0 amide bonds. The Morgan fingerprint density at radius 3 is 2.50 bits per heavy atom. The molecule has 3 rings (SSSR count). The van der Waals surface area contributed by atoms with E-state index in [0.29, 0.717) is 26.1 Å². The molecule has 0 aromatic heterocycles. The van der Waals surface area contributed by atoms with Crippen LogP contribution in [0.4, 0.5) is 13.2 Å². The van der Waals surface area contributed by atoms with E-state index >= 15 is 0 Å². The van der Waals surface area contributed by atoms with Gasteiger partial charge in [-0.2, -0.15) is 0 Å². The van der Waals surface area contributed by atoms with Gasteiger partial charge in [0.05, 0.1) is 32.0 Å². The van der Waals surface area contributed by atoms with E-state index in [-0.39, 0.29) is 41.5 Å². The van der Waals surface area contributed by atoms with Crippen LogP contribution in [0.1, 0.15) is 74.7 Å². The number of unbranched alkanes of at least 4 members (excludes halogenated alkanes) is 4. The van der Waals surface area contributed by atoms with Crippen LogP contribution in [-0.2, 0) is 16.1 Å². The van der Waals surface area contributed by atoms with Crippen LogP contribution >= 0.6 is 0 Å². The van der Waals surface area contributed by atoms with E-state index in [4.69, 9.17) is 14.2 Å². The number of benzene rings is 2. The molecular formula is C26H33F3O3. The molecule has 1 aliphatic heterocycles. The maximum Gasteiger partial charge on any atom is 0.165 e. The largest absolute Gasteiger partial charge is 0.491 e. The summed E-state index contributed by atoms with van der Waals surface area (Å²) in [5.41, 5.74) is 1.23. The van der Waals surface area contributed by atoms with Gasteiger partial charge in [0.15, 0.2) is 23.2 Å². The molecule has 6 heteroatoms. The summed E-state index contributed by atoms with van der Waals surface area (Å²) in [5, 5.41) is 0. The van der Waals surface area contributed by atoms with Crippen molar-refractivity contribution in [1.29, 1.82) is 0 Å². The van der Waals surface area contributed by atoms with Crippen molar-refractivity contribution >= 4 is 0 Å². The Kier molecular flexibility index (Phi) is 9.42. The first-order valence-corrected chi connectivity index (χ1v) is 11.6. The van der Waals surface area contributed by atoms with Crippen molar-refractivity contribution in [2.45, 2.75) is 77.6 Å². The number of rotatable bonds is 11. The van der Waals surface area contributed by atoms with Gasteiger partial charge in [-0.15, -0.1) is 0 Å². The predicted octanol–water partition coefficient (Wildman–Crippen LogP) is 7.20. The lowest BCUT2D eigenvalue weighted by atomic mass is 10.00. The molecule has 1 fully saturated rings. The lowest BCUT2D eigenvalue weighted by molar-refractivity contribution is -0.0925. The summed E-state index contributed by atoms with van der Waals surface area (Å²) < 4.78 is 59.3. The Hall–Kier alpha value is -2.05. The van der Waals surface area contributed by atoms with Gasteiger partial charge in [0.1, 0.15) is 0 Å². The van der Waals surface area contributed by atoms with Gasteiger partial charge in [0, 0.05) is 5.56 Å². The van der Waals surface area contributed by atoms with Crippen LogP contribution in [0.5, 0.6) is 5.75 Å². The van der Waals surface area contributed by atoms with Gasteiger partial charge in [-0.25, -0.2) is 13.2 Å². The highest BCUT2D eigenvalue weighted by Crippen LogP contribution is 2.32. The zero-order valence-corrected chi connectivity index (χ0v) is 19.0. The normalized spacial score (nSPS) is 18.7. The van der Waals surface area contributed by atoms with Crippen LogP contribution in [0.3, 0.4) is 0 Å². The minimum Gasteiger partial charge on any atom is -0.491 e. The van der Waals surface area contributed by atoms with Crippen LogP contribution in [-0.4, -0.2) is 19.3 Å². The van der Waals surface area contributed by atoms with Crippen molar-refractivity contribution in [2.24, 2.45) is 0 Å². The first-order valence-electron chi connectivity index (χ1n) is 11.6. The molecule has 2 aromatic carbocycles. The molecule has 32 heavy (non-hydrogen) atoms. The number of halogens is 3. The summed E-state index contributed by atoms with van der Waals surface area (Å²) >= 11 is 0. The number of ether oxygens (including phenoxy) is 3. The highest BCUT2D eigenvalue weighted by molar-refractivity contribution is 5.31. The maximum absolute atomic E-state index is 14.4. The summed E-state index contributed by atoms with van der Waals surface area (Å²) in [6, 6.07) is 8.06. The summed E-state index contributed by atoms with van der Waals surface area (Å²) in [5.74, 6) is -1.81. The van der Waals surface area contributed by atoms with E-state index in [1.165, 1.54) is 38.3 Å². The van der Waals surface area contributed by atoms with E-state index in [1.54, 1.807) is 12.1 Å². The summed E-state index contributed by atoms with van der Waals surface area (Å²) in [7, 11) is 0. The van der Waals surface area contributed by atoms with E-state index in [0.717, 1.165) is 18.4 Å². The van der Waals surface area contributed by atoms with Gasteiger partial charge in [-0.05, 0) is 49.4 Å². The molecule has 2 unspecified atom stereocenters. The fourth-order valence-corrected chi connectivity index (χ4v) is 3.85. The maximum atomic E-state index is 14.4.